The Balaban J connectivity index is 2.24. The molecule has 0 fully saturated rings. The maximum atomic E-state index is 11.7. The van der Waals surface area contributed by atoms with E-state index < -0.39 is 0 Å². The Hall–Kier alpha value is -1.85. The van der Waals surface area contributed by atoms with Crippen LogP contribution in [0.15, 0.2) is 53.0 Å². The lowest BCUT2D eigenvalue weighted by atomic mass is 9.97. The monoisotopic (exact) mass is 376 g/mol. The van der Waals surface area contributed by atoms with Gasteiger partial charge in [-0.15, -0.1) is 0 Å². The molecule has 0 saturated carbocycles. The van der Waals surface area contributed by atoms with E-state index in [0.29, 0.717) is 0 Å². The van der Waals surface area contributed by atoms with Gasteiger partial charge in [-0.05, 0) is 48.7 Å². The number of hydrogen-bond donors (Lipinski definition) is 2. The third kappa shape index (κ3) is 4.81. The van der Waals surface area contributed by atoms with Crippen molar-refractivity contribution in [2.24, 2.45) is 0 Å². The van der Waals surface area contributed by atoms with Gasteiger partial charge in [-0.25, -0.2) is 5.48 Å². The first-order valence-electron chi connectivity index (χ1n) is 7.47. The summed E-state index contributed by atoms with van der Waals surface area (Å²) in [4.78, 5) is 13.8. The molecule has 0 radical (unpaired) electrons. The van der Waals surface area contributed by atoms with E-state index in [2.05, 4.69) is 39.9 Å². The Morgan fingerprint density at radius 3 is 2.57 bits per heavy atom. The molecular formula is C18H21BrN2O2. The van der Waals surface area contributed by atoms with E-state index in [0.717, 1.165) is 16.6 Å². The highest BCUT2D eigenvalue weighted by atomic mass is 79.9. The minimum atomic E-state index is -0.382. The van der Waals surface area contributed by atoms with Crippen LogP contribution < -0.4 is 10.4 Å². The van der Waals surface area contributed by atoms with Crippen molar-refractivity contribution in [2.45, 2.75) is 25.8 Å². The third-order valence-corrected chi connectivity index (χ3v) is 4.51. The number of carbonyl (C=O) groups excluding carboxylic acids is 1. The number of likely N-dealkylation sites (N-methyl/N-ethyl adjacent to an activating group) is 1. The Bertz CT molecular complexity index is 661. The van der Waals surface area contributed by atoms with Crippen molar-refractivity contribution in [2.75, 3.05) is 11.9 Å². The summed E-state index contributed by atoms with van der Waals surface area (Å²) in [5, 5.41) is 8.87. The number of anilines is 1. The van der Waals surface area contributed by atoms with E-state index in [4.69, 9.17) is 5.21 Å². The zero-order valence-corrected chi connectivity index (χ0v) is 14.9. The number of nitrogens with zero attached hydrogens (tertiary/aromatic N) is 1. The molecule has 1 unspecified atom stereocenters. The van der Waals surface area contributed by atoms with Crippen molar-refractivity contribution in [3.63, 3.8) is 0 Å². The van der Waals surface area contributed by atoms with Gasteiger partial charge in [0, 0.05) is 29.7 Å². The fourth-order valence-electron chi connectivity index (χ4n) is 2.62. The van der Waals surface area contributed by atoms with Crippen molar-refractivity contribution >= 4 is 27.5 Å². The highest BCUT2D eigenvalue weighted by Crippen LogP contribution is 2.22. The Labute approximate surface area is 145 Å². The van der Waals surface area contributed by atoms with Gasteiger partial charge in [0.2, 0.25) is 5.91 Å². The van der Waals surface area contributed by atoms with Gasteiger partial charge in [-0.2, -0.15) is 0 Å². The zero-order valence-electron chi connectivity index (χ0n) is 13.3. The summed E-state index contributed by atoms with van der Waals surface area (Å²) < 4.78 is 1.04. The Morgan fingerprint density at radius 1 is 1.26 bits per heavy atom. The highest BCUT2D eigenvalue weighted by Gasteiger charge is 2.20. The predicted molar refractivity (Wildman–Crippen MR) is 95.8 cm³/mol. The van der Waals surface area contributed by atoms with Crippen molar-refractivity contribution in [3.8, 4) is 0 Å². The molecular weight excluding hydrogens is 356 g/mol. The molecule has 0 aliphatic carbocycles. The summed E-state index contributed by atoms with van der Waals surface area (Å²) in [5.74, 6) is -0.382. The molecule has 0 aromatic heterocycles. The van der Waals surface area contributed by atoms with Gasteiger partial charge in [-0.1, -0.05) is 40.2 Å². The van der Waals surface area contributed by atoms with Crippen LogP contribution in [0.2, 0.25) is 0 Å². The average molecular weight is 377 g/mol. The van der Waals surface area contributed by atoms with Crippen LogP contribution in [0.1, 0.15) is 17.5 Å². The number of nitrogens with one attached hydrogen (secondary N) is 1. The second-order valence-corrected chi connectivity index (χ2v) is 6.53. The van der Waals surface area contributed by atoms with Crippen LogP contribution >= 0.6 is 15.9 Å². The molecule has 0 saturated heterocycles. The van der Waals surface area contributed by atoms with Gasteiger partial charge >= 0.3 is 0 Å². The van der Waals surface area contributed by atoms with Gasteiger partial charge in [-0.3, -0.25) is 10.0 Å². The van der Waals surface area contributed by atoms with Gasteiger partial charge < -0.3 is 4.90 Å². The molecule has 2 rings (SSSR count). The lowest BCUT2D eigenvalue weighted by Gasteiger charge is -2.30. The van der Waals surface area contributed by atoms with Gasteiger partial charge in [0.1, 0.15) is 0 Å². The summed E-state index contributed by atoms with van der Waals surface area (Å²) in [6, 6.07) is 16.0. The maximum absolute atomic E-state index is 11.7. The van der Waals surface area contributed by atoms with E-state index in [1.165, 1.54) is 11.1 Å². The molecule has 0 bridgehead atoms. The SMILES string of the molecule is Cc1cc(Br)ccc1CC(CC(=O)NO)N(C)c1ccccc1. The molecule has 0 aliphatic rings. The third-order valence-electron chi connectivity index (χ3n) is 4.02. The van der Waals surface area contributed by atoms with Crippen LogP contribution in [0, 0.1) is 6.92 Å². The summed E-state index contributed by atoms with van der Waals surface area (Å²) in [6.45, 7) is 2.06. The minimum absolute atomic E-state index is 0.0515. The second kappa shape index (κ2) is 8.13. The van der Waals surface area contributed by atoms with Gasteiger partial charge in [0.25, 0.3) is 0 Å². The average Bonchev–Trinajstić information content (AvgIpc) is 2.56. The Kier molecular flexibility index (Phi) is 6.19. The lowest BCUT2D eigenvalue weighted by Crippen LogP contribution is -2.38. The topological polar surface area (TPSA) is 52.6 Å². The van der Waals surface area contributed by atoms with Crippen LogP contribution in [0.4, 0.5) is 5.69 Å². The molecule has 4 nitrogen and oxygen atoms in total. The number of para-hydroxylation sites is 1. The summed E-state index contributed by atoms with van der Waals surface area (Å²) in [7, 11) is 1.97. The molecule has 0 aliphatic heterocycles. The number of carbonyl (C=O) groups is 1. The van der Waals surface area contributed by atoms with E-state index >= 15 is 0 Å². The van der Waals surface area contributed by atoms with Crippen molar-refractivity contribution in [1.29, 1.82) is 0 Å². The summed E-state index contributed by atoms with van der Waals surface area (Å²) in [5.41, 5.74) is 5.14. The fourth-order valence-corrected chi connectivity index (χ4v) is 3.10. The normalized spacial score (nSPS) is 11.8. The van der Waals surface area contributed by atoms with Crippen molar-refractivity contribution < 1.29 is 10.0 Å². The Morgan fingerprint density at radius 2 is 1.96 bits per heavy atom. The first kappa shape index (κ1) is 17.5. The molecule has 0 spiro atoms. The highest BCUT2D eigenvalue weighted by molar-refractivity contribution is 9.10. The molecule has 1 atom stereocenters. The molecule has 2 N–H and O–H groups in total. The van der Waals surface area contributed by atoms with E-state index in [1.54, 1.807) is 5.48 Å². The maximum Gasteiger partial charge on any atom is 0.245 e. The molecule has 2 aromatic carbocycles. The van der Waals surface area contributed by atoms with Crippen LogP contribution in [0.3, 0.4) is 0 Å². The van der Waals surface area contributed by atoms with Gasteiger partial charge in [0.15, 0.2) is 0 Å². The number of benzene rings is 2. The first-order chi connectivity index (χ1) is 11.0. The fraction of sp³-hybridized carbons (Fsp3) is 0.278. The number of hydroxylamine groups is 1. The van der Waals surface area contributed by atoms with Crippen LogP contribution in [-0.4, -0.2) is 24.2 Å². The van der Waals surface area contributed by atoms with Crippen molar-refractivity contribution in [3.05, 3.63) is 64.1 Å². The molecule has 0 heterocycles. The number of amides is 1. The number of halogens is 1. The summed E-state index contributed by atoms with van der Waals surface area (Å²) in [6.07, 6.45) is 0.940. The predicted octanol–water partition coefficient (Wildman–Crippen LogP) is 3.70. The molecule has 5 heteroatoms. The molecule has 23 heavy (non-hydrogen) atoms. The standard InChI is InChI=1S/C18H21BrN2O2/c1-13-10-15(19)9-8-14(13)11-17(12-18(22)20-23)21(2)16-6-4-3-5-7-16/h3-10,17,23H,11-12H2,1-2H3,(H,20,22). The number of rotatable bonds is 6. The van der Waals surface area contributed by atoms with Crippen LogP contribution in [-0.2, 0) is 11.2 Å². The molecule has 122 valence electrons. The van der Waals surface area contributed by atoms with E-state index in [1.807, 2.05) is 43.4 Å². The minimum Gasteiger partial charge on any atom is -0.371 e. The molecule has 2 aromatic rings. The quantitative estimate of drug-likeness (QED) is 0.596. The smallest absolute Gasteiger partial charge is 0.245 e. The van der Waals surface area contributed by atoms with E-state index in [9.17, 15) is 4.79 Å². The first-order valence-corrected chi connectivity index (χ1v) is 8.26. The lowest BCUT2D eigenvalue weighted by molar-refractivity contribution is -0.129. The van der Waals surface area contributed by atoms with Crippen LogP contribution in [0.5, 0.6) is 0 Å². The number of hydrogen-bond acceptors (Lipinski definition) is 3. The van der Waals surface area contributed by atoms with Gasteiger partial charge in [0.05, 0.1) is 0 Å². The van der Waals surface area contributed by atoms with Crippen LogP contribution in [0.25, 0.3) is 0 Å². The summed E-state index contributed by atoms with van der Waals surface area (Å²) >= 11 is 3.47. The number of aryl methyl sites for hydroxylation is 1. The zero-order chi connectivity index (χ0) is 16.8. The van der Waals surface area contributed by atoms with Crippen molar-refractivity contribution in [1.82, 2.24) is 5.48 Å². The largest absolute Gasteiger partial charge is 0.371 e. The molecule has 1 amide bonds. The second-order valence-electron chi connectivity index (χ2n) is 5.61. The van der Waals surface area contributed by atoms with E-state index in [-0.39, 0.29) is 18.4 Å².